The number of hydrogen-bond acceptors (Lipinski definition) is 4. The quantitative estimate of drug-likeness (QED) is 0.873. The number of nitrogens with zero attached hydrogens (tertiary/aromatic N) is 3. The minimum absolute atomic E-state index is 0.0286. The molecule has 1 aromatic rings. The van der Waals surface area contributed by atoms with Gasteiger partial charge in [0.15, 0.2) is 0 Å². The smallest absolute Gasteiger partial charge is 0.246 e. The summed E-state index contributed by atoms with van der Waals surface area (Å²) in [4.78, 5) is 26.2. The summed E-state index contributed by atoms with van der Waals surface area (Å²) in [6.45, 7) is 0.944. The van der Waals surface area contributed by atoms with Crippen molar-refractivity contribution in [3.8, 4) is 0 Å². The maximum Gasteiger partial charge on any atom is 0.246 e. The van der Waals surface area contributed by atoms with Gasteiger partial charge in [-0.1, -0.05) is 0 Å². The van der Waals surface area contributed by atoms with Crippen molar-refractivity contribution < 1.29 is 9.59 Å². The van der Waals surface area contributed by atoms with Crippen LogP contribution in [0.15, 0.2) is 12.3 Å². The summed E-state index contributed by atoms with van der Waals surface area (Å²) < 4.78 is 1.75. The molecule has 1 N–H and O–H groups in total. The molecule has 2 heterocycles. The summed E-state index contributed by atoms with van der Waals surface area (Å²) in [6, 6.07) is 1.79. The van der Waals surface area contributed by atoms with Crippen LogP contribution in [0.4, 0.5) is 0 Å². The highest BCUT2D eigenvalue weighted by atomic mass is 32.2. The molecule has 1 aliphatic carbocycles. The molecular formula is C13H18N4O2S. The number of hydrogen-bond donors (Lipinski definition) is 1. The first-order chi connectivity index (χ1) is 9.69. The fraction of sp³-hybridized carbons (Fsp3) is 0.615. The van der Waals surface area contributed by atoms with Gasteiger partial charge in [-0.3, -0.25) is 14.3 Å². The molecule has 6 nitrogen and oxygen atoms in total. The second kappa shape index (κ2) is 5.47. The Hall–Kier alpha value is -1.50. The largest absolute Gasteiger partial charge is 0.351 e. The predicted molar refractivity (Wildman–Crippen MR) is 76.2 cm³/mol. The van der Waals surface area contributed by atoms with Gasteiger partial charge >= 0.3 is 0 Å². The van der Waals surface area contributed by atoms with Crippen LogP contribution < -0.4 is 5.32 Å². The molecule has 7 heteroatoms. The van der Waals surface area contributed by atoms with Crippen LogP contribution in [0.5, 0.6) is 0 Å². The predicted octanol–water partition coefficient (Wildman–Crippen LogP) is 0.408. The summed E-state index contributed by atoms with van der Waals surface area (Å²) in [5.74, 6) is 0.499. The summed E-state index contributed by atoms with van der Waals surface area (Å²) in [7, 11) is 0. The molecule has 1 atom stereocenters. The monoisotopic (exact) mass is 294 g/mol. The first kappa shape index (κ1) is 13.5. The van der Waals surface area contributed by atoms with Crippen molar-refractivity contribution >= 4 is 23.6 Å². The van der Waals surface area contributed by atoms with Crippen LogP contribution in [0.3, 0.4) is 0 Å². The molecule has 1 unspecified atom stereocenters. The van der Waals surface area contributed by atoms with E-state index in [4.69, 9.17) is 0 Å². The third kappa shape index (κ3) is 2.67. The number of rotatable bonds is 4. The minimum atomic E-state index is -0.403. The standard InChI is InChI=1S/C13H18N4O2S/c1-20-8-12(18)16-6-10-4-5-14-17(10)11(7-16)13(19)15-9-2-3-9/h4-5,9,11H,2-3,6-8H2,1H3,(H,15,19). The lowest BCUT2D eigenvalue weighted by Crippen LogP contribution is -2.47. The van der Waals surface area contributed by atoms with Gasteiger partial charge in [-0.25, -0.2) is 0 Å². The third-order valence-corrected chi connectivity index (χ3v) is 4.18. The van der Waals surface area contributed by atoms with Crippen molar-refractivity contribution in [2.24, 2.45) is 0 Å². The first-order valence-corrected chi connectivity index (χ1v) is 8.18. The molecule has 2 aliphatic rings. The van der Waals surface area contributed by atoms with Crippen molar-refractivity contribution in [1.29, 1.82) is 0 Å². The lowest BCUT2D eigenvalue weighted by atomic mass is 10.1. The Labute approximate surface area is 121 Å². The van der Waals surface area contributed by atoms with Crippen molar-refractivity contribution in [2.45, 2.75) is 31.5 Å². The highest BCUT2D eigenvalue weighted by Crippen LogP contribution is 2.24. The van der Waals surface area contributed by atoms with E-state index >= 15 is 0 Å². The molecule has 3 rings (SSSR count). The Kier molecular flexibility index (Phi) is 3.69. The van der Waals surface area contributed by atoms with Gasteiger partial charge in [0.2, 0.25) is 11.8 Å². The van der Waals surface area contributed by atoms with Crippen LogP contribution in [0, 0.1) is 0 Å². The Morgan fingerprint density at radius 3 is 3.00 bits per heavy atom. The van der Waals surface area contributed by atoms with Crippen molar-refractivity contribution in [1.82, 2.24) is 20.0 Å². The van der Waals surface area contributed by atoms with Gasteiger partial charge in [-0.2, -0.15) is 16.9 Å². The van der Waals surface area contributed by atoms with E-state index in [-0.39, 0.29) is 11.8 Å². The molecule has 0 bridgehead atoms. The van der Waals surface area contributed by atoms with Crippen molar-refractivity contribution in [3.05, 3.63) is 18.0 Å². The molecule has 1 aromatic heterocycles. The molecule has 2 amide bonds. The number of carbonyl (C=O) groups excluding carboxylic acids is 2. The topological polar surface area (TPSA) is 67.2 Å². The third-order valence-electron chi connectivity index (χ3n) is 3.64. The second-order valence-corrected chi connectivity index (χ2v) is 6.14. The number of carbonyl (C=O) groups is 2. The zero-order chi connectivity index (χ0) is 14.1. The first-order valence-electron chi connectivity index (χ1n) is 6.78. The Morgan fingerprint density at radius 1 is 1.50 bits per heavy atom. The van der Waals surface area contributed by atoms with E-state index < -0.39 is 6.04 Å². The average Bonchev–Trinajstić information content (AvgIpc) is 3.12. The fourth-order valence-electron chi connectivity index (χ4n) is 2.42. The van der Waals surface area contributed by atoms with Crippen LogP contribution in [-0.2, 0) is 16.1 Å². The van der Waals surface area contributed by atoms with Gasteiger partial charge in [-0.05, 0) is 25.2 Å². The van der Waals surface area contributed by atoms with E-state index in [2.05, 4.69) is 10.4 Å². The molecule has 1 saturated carbocycles. The highest BCUT2D eigenvalue weighted by molar-refractivity contribution is 7.99. The van der Waals surface area contributed by atoms with E-state index in [1.54, 1.807) is 15.8 Å². The number of amides is 2. The minimum Gasteiger partial charge on any atom is -0.351 e. The molecule has 0 radical (unpaired) electrons. The summed E-state index contributed by atoms with van der Waals surface area (Å²) in [5, 5.41) is 7.24. The lowest BCUT2D eigenvalue weighted by molar-refractivity contribution is -0.133. The van der Waals surface area contributed by atoms with Gasteiger partial charge < -0.3 is 10.2 Å². The van der Waals surface area contributed by atoms with Gasteiger partial charge in [0.25, 0.3) is 0 Å². The summed E-state index contributed by atoms with van der Waals surface area (Å²) in [5.41, 5.74) is 0.918. The Bertz CT molecular complexity index is 526. The van der Waals surface area contributed by atoms with Gasteiger partial charge in [0.05, 0.1) is 24.5 Å². The van der Waals surface area contributed by atoms with Crippen molar-refractivity contribution in [3.63, 3.8) is 0 Å². The van der Waals surface area contributed by atoms with E-state index in [1.165, 1.54) is 11.8 Å². The second-order valence-electron chi connectivity index (χ2n) is 5.27. The number of fused-ring (bicyclic) bond motifs is 1. The Morgan fingerprint density at radius 2 is 2.30 bits per heavy atom. The SMILES string of the molecule is CSCC(=O)N1Cc2ccnn2C(C(=O)NC2CC2)C1. The molecule has 0 aromatic carbocycles. The fourth-order valence-corrected chi connectivity index (χ4v) is 2.85. The maximum atomic E-state index is 12.3. The number of thioether (sulfide) groups is 1. The van der Waals surface area contributed by atoms with Crippen LogP contribution >= 0.6 is 11.8 Å². The normalized spacial score (nSPS) is 21.4. The van der Waals surface area contributed by atoms with E-state index in [1.807, 2.05) is 12.3 Å². The molecule has 1 aliphatic heterocycles. The molecule has 0 spiro atoms. The summed E-state index contributed by atoms with van der Waals surface area (Å²) in [6.07, 6.45) is 5.71. The van der Waals surface area contributed by atoms with Crippen LogP contribution in [0.25, 0.3) is 0 Å². The zero-order valence-corrected chi connectivity index (χ0v) is 12.2. The number of nitrogens with one attached hydrogen (secondary N) is 1. The zero-order valence-electron chi connectivity index (χ0n) is 11.4. The van der Waals surface area contributed by atoms with E-state index in [9.17, 15) is 9.59 Å². The van der Waals surface area contributed by atoms with Crippen LogP contribution in [0.1, 0.15) is 24.6 Å². The maximum absolute atomic E-state index is 12.3. The molecule has 0 saturated heterocycles. The van der Waals surface area contributed by atoms with Crippen LogP contribution in [-0.4, -0.2) is 51.1 Å². The summed E-state index contributed by atoms with van der Waals surface area (Å²) >= 11 is 1.50. The van der Waals surface area contributed by atoms with Crippen molar-refractivity contribution in [2.75, 3.05) is 18.6 Å². The van der Waals surface area contributed by atoms with Crippen LogP contribution in [0.2, 0.25) is 0 Å². The lowest BCUT2D eigenvalue weighted by Gasteiger charge is -2.33. The number of aromatic nitrogens is 2. The molecule has 1 fully saturated rings. The van der Waals surface area contributed by atoms with Gasteiger partial charge in [-0.15, -0.1) is 0 Å². The van der Waals surface area contributed by atoms with E-state index in [0.717, 1.165) is 18.5 Å². The van der Waals surface area contributed by atoms with Gasteiger partial charge in [0, 0.05) is 12.2 Å². The Balaban J connectivity index is 1.77. The average molecular weight is 294 g/mol. The molecule has 108 valence electrons. The van der Waals surface area contributed by atoms with Gasteiger partial charge in [0.1, 0.15) is 6.04 Å². The molecule has 20 heavy (non-hydrogen) atoms. The van der Waals surface area contributed by atoms with E-state index in [0.29, 0.717) is 24.9 Å². The highest BCUT2D eigenvalue weighted by Gasteiger charge is 2.35. The molecular weight excluding hydrogens is 276 g/mol.